The zero-order chi connectivity index (χ0) is 21.2. The van der Waals surface area contributed by atoms with Crippen LogP contribution in [0.1, 0.15) is 24.0 Å². The Morgan fingerprint density at radius 3 is 2.80 bits per heavy atom. The fraction of sp³-hybridized carbons (Fsp3) is 0.280. The fourth-order valence-corrected chi connectivity index (χ4v) is 3.82. The molecule has 30 heavy (non-hydrogen) atoms. The van der Waals surface area contributed by atoms with Crippen LogP contribution in [0.15, 0.2) is 71.9 Å². The first-order chi connectivity index (χ1) is 14.7. The summed E-state index contributed by atoms with van der Waals surface area (Å²) in [5, 5.41) is 14.7. The maximum atomic E-state index is 8.69. The molecule has 2 N–H and O–H groups in total. The van der Waals surface area contributed by atoms with Crippen LogP contribution in [0, 0.1) is 17.4 Å². The molecule has 0 bridgehead atoms. The van der Waals surface area contributed by atoms with Gasteiger partial charge in [-0.25, -0.2) is 0 Å². The summed E-state index contributed by atoms with van der Waals surface area (Å²) in [5.74, 6) is 0.660. The zero-order valence-electron chi connectivity index (χ0n) is 17.3. The molecule has 2 aromatic carbocycles. The Morgan fingerprint density at radius 2 is 2.03 bits per heavy atom. The Balaban J connectivity index is 1.82. The summed E-state index contributed by atoms with van der Waals surface area (Å²) >= 11 is 0. The highest BCUT2D eigenvalue weighted by Crippen LogP contribution is 2.31. The molecule has 5 heteroatoms. The fourth-order valence-electron chi connectivity index (χ4n) is 3.82. The molecule has 154 valence electrons. The highest BCUT2D eigenvalue weighted by Gasteiger charge is 2.19. The van der Waals surface area contributed by atoms with Gasteiger partial charge in [-0.1, -0.05) is 43.0 Å². The first-order valence-electron chi connectivity index (χ1n) is 10.3. The topological polar surface area (TPSA) is 63.5 Å². The number of anilines is 1. The van der Waals surface area contributed by atoms with Crippen molar-refractivity contribution in [1.82, 2.24) is 10.6 Å². The molecule has 0 radical (unpaired) electrons. The monoisotopic (exact) mass is 399 g/mol. The van der Waals surface area contributed by atoms with Gasteiger partial charge in [-0.3, -0.25) is 10.3 Å². The highest BCUT2D eigenvalue weighted by atomic mass is 15.1. The Labute approximate surface area is 179 Å². The van der Waals surface area contributed by atoms with E-state index in [0.29, 0.717) is 11.6 Å². The van der Waals surface area contributed by atoms with Crippen molar-refractivity contribution < 1.29 is 0 Å². The van der Waals surface area contributed by atoms with E-state index in [4.69, 9.17) is 5.26 Å². The molecular formula is C25H29N5. The van der Waals surface area contributed by atoms with Crippen LogP contribution in [0.25, 0.3) is 6.08 Å². The van der Waals surface area contributed by atoms with E-state index in [2.05, 4.69) is 70.2 Å². The molecule has 5 nitrogen and oxygen atoms in total. The summed E-state index contributed by atoms with van der Waals surface area (Å²) in [4.78, 5) is 6.68. The van der Waals surface area contributed by atoms with Gasteiger partial charge in [0.15, 0.2) is 6.19 Å². The number of nitriles is 1. The van der Waals surface area contributed by atoms with Crippen molar-refractivity contribution in [1.29, 1.82) is 5.26 Å². The second kappa shape index (κ2) is 11.0. The van der Waals surface area contributed by atoms with E-state index in [0.717, 1.165) is 43.1 Å². The lowest BCUT2D eigenvalue weighted by molar-refractivity contribution is 0.373. The summed E-state index contributed by atoms with van der Waals surface area (Å²) in [6.07, 6.45) is 8.04. The third-order valence-electron chi connectivity index (χ3n) is 5.35. The predicted molar refractivity (Wildman–Crippen MR) is 126 cm³/mol. The van der Waals surface area contributed by atoms with Crippen molar-refractivity contribution in [2.45, 2.75) is 19.4 Å². The number of nitrogens with zero attached hydrogens (tertiary/aromatic N) is 3. The minimum absolute atomic E-state index is 0.571. The quantitative estimate of drug-likeness (QED) is 0.279. The van der Waals surface area contributed by atoms with Gasteiger partial charge in [0.1, 0.15) is 0 Å². The second-order valence-corrected chi connectivity index (χ2v) is 7.56. The minimum Gasteiger partial charge on any atom is -0.365 e. The van der Waals surface area contributed by atoms with Gasteiger partial charge >= 0.3 is 0 Å². The maximum absolute atomic E-state index is 8.69. The van der Waals surface area contributed by atoms with Gasteiger partial charge < -0.3 is 10.2 Å². The molecule has 0 amide bonds. The van der Waals surface area contributed by atoms with Crippen molar-refractivity contribution >= 4 is 24.2 Å². The van der Waals surface area contributed by atoms with Gasteiger partial charge in [0.25, 0.3) is 0 Å². The van der Waals surface area contributed by atoms with Crippen LogP contribution in [0.4, 0.5) is 11.4 Å². The molecule has 0 unspecified atom stereocenters. The van der Waals surface area contributed by atoms with E-state index in [1.54, 1.807) is 0 Å². The van der Waals surface area contributed by atoms with Crippen molar-refractivity contribution in [3.63, 3.8) is 0 Å². The molecule has 1 aliphatic rings. The summed E-state index contributed by atoms with van der Waals surface area (Å²) in [7, 11) is 0. The number of aliphatic imine (C=N–C) groups is 1. The lowest BCUT2D eigenvalue weighted by Gasteiger charge is -2.32. The third-order valence-corrected chi connectivity index (χ3v) is 5.35. The van der Waals surface area contributed by atoms with Crippen LogP contribution in [-0.2, 0) is 6.54 Å². The zero-order valence-corrected chi connectivity index (χ0v) is 17.3. The van der Waals surface area contributed by atoms with Gasteiger partial charge in [-0.15, -0.1) is 0 Å². The van der Waals surface area contributed by atoms with Crippen LogP contribution >= 0.6 is 0 Å². The molecule has 1 aliphatic heterocycles. The molecule has 0 aromatic heterocycles. The molecule has 0 saturated carbocycles. The minimum atomic E-state index is 0.571. The molecule has 0 spiro atoms. The summed E-state index contributed by atoms with van der Waals surface area (Å²) < 4.78 is 0. The number of rotatable bonds is 9. The summed E-state index contributed by atoms with van der Waals surface area (Å²) in [5.41, 5.74) is 4.91. The lowest BCUT2D eigenvalue weighted by atomic mass is 9.96. The average molecular weight is 400 g/mol. The van der Waals surface area contributed by atoms with Gasteiger partial charge in [-0.05, 0) is 74.0 Å². The van der Waals surface area contributed by atoms with E-state index in [1.165, 1.54) is 18.4 Å². The largest absolute Gasteiger partial charge is 0.365 e. The van der Waals surface area contributed by atoms with Crippen molar-refractivity contribution in [3.8, 4) is 6.19 Å². The van der Waals surface area contributed by atoms with E-state index in [9.17, 15) is 0 Å². The van der Waals surface area contributed by atoms with Crippen molar-refractivity contribution in [2.24, 2.45) is 10.9 Å². The molecule has 2 aromatic rings. The molecule has 3 rings (SSSR count). The molecule has 1 fully saturated rings. The van der Waals surface area contributed by atoms with Crippen LogP contribution in [0.3, 0.4) is 0 Å². The number of benzene rings is 2. The molecular weight excluding hydrogens is 370 g/mol. The smallest absolute Gasteiger partial charge is 0.181 e. The standard InChI is InChI=1S/C25H29N5/c1-20(29-19-26)10-11-21-6-5-7-23(16-21)18-30(17-22-12-14-28-15-13-22)25-9-4-3-8-24(25)27-2/h3-11,16,22,28-29H,1-2,12-15,17-18H2/b11-10+. The van der Waals surface area contributed by atoms with Gasteiger partial charge in [0.2, 0.25) is 0 Å². The normalized spacial score (nSPS) is 14.2. The first-order valence-corrected chi connectivity index (χ1v) is 10.3. The van der Waals surface area contributed by atoms with Crippen LogP contribution in [0.2, 0.25) is 0 Å². The summed E-state index contributed by atoms with van der Waals surface area (Å²) in [6, 6.07) is 16.7. The van der Waals surface area contributed by atoms with Crippen LogP contribution < -0.4 is 15.5 Å². The van der Waals surface area contributed by atoms with Gasteiger partial charge in [0.05, 0.1) is 11.4 Å². The van der Waals surface area contributed by atoms with Crippen molar-refractivity contribution in [2.75, 3.05) is 24.5 Å². The van der Waals surface area contributed by atoms with Gasteiger partial charge in [0, 0.05) is 18.8 Å². The number of piperidine rings is 1. The SMILES string of the molecule is C=Nc1ccccc1N(Cc1cccc(/C=C/C(=C)NC#N)c1)CC1CCNCC1. The van der Waals surface area contributed by atoms with Crippen LogP contribution in [-0.4, -0.2) is 26.4 Å². The molecule has 1 saturated heterocycles. The van der Waals surface area contributed by atoms with E-state index in [1.807, 2.05) is 30.5 Å². The number of para-hydroxylation sites is 2. The molecule has 0 aliphatic carbocycles. The molecule has 1 heterocycles. The van der Waals surface area contributed by atoms with E-state index >= 15 is 0 Å². The molecule has 0 atom stereocenters. The van der Waals surface area contributed by atoms with Gasteiger partial charge in [-0.2, -0.15) is 5.26 Å². The number of hydrogen-bond donors (Lipinski definition) is 2. The van der Waals surface area contributed by atoms with E-state index in [-0.39, 0.29) is 0 Å². The Hall–Kier alpha value is -3.36. The second-order valence-electron chi connectivity index (χ2n) is 7.56. The number of hydrogen-bond acceptors (Lipinski definition) is 5. The maximum Gasteiger partial charge on any atom is 0.181 e. The Morgan fingerprint density at radius 1 is 1.23 bits per heavy atom. The Kier molecular flexibility index (Phi) is 7.82. The third kappa shape index (κ3) is 6.07. The van der Waals surface area contributed by atoms with Crippen molar-refractivity contribution in [3.05, 3.63) is 78.0 Å². The number of allylic oxidation sites excluding steroid dienone is 1. The van der Waals surface area contributed by atoms with Crippen LogP contribution in [0.5, 0.6) is 0 Å². The lowest BCUT2D eigenvalue weighted by Crippen LogP contribution is -2.36. The average Bonchev–Trinajstić information content (AvgIpc) is 2.78. The first kappa shape index (κ1) is 21.4. The summed E-state index contributed by atoms with van der Waals surface area (Å²) in [6.45, 7) is 11.5. The Bertz CT molecular complexity index is 935. The predicted octanol–water partition coefficient (Wildman–Crippen LogP) is 4.62. The van der Waals surface area contributed by atoms with E-state index < -0.39 is 0 Å². The highest BCUT2D eigenvalue weighted by molar-refractivity contribution is 5.69. The number of nitrogens with one attached hydrogen (secondary N) is 2.